The van der Waals surface area contributed by atoms with E-state index < -0.39 is 0 Å². The third kappa shape index (κ3) is 1.85. The fourth-order valence-corrected chi connectivity index (χ4v) is 2.10. The number of nitro groups is 1. The number of pyridine rings is 1. The summed E-state index contributed by atoms with van der Waals surface area (Å²) in [4.78, 5) is 15.3. The van der Waals surface area contributed by atoms with Gasteiger partial charge in [-0.3, -0.25) is 0 Å². The van der Waals surface area contributed by atoms with Crippen molar-refractivity contribution in [2.45, 2.75) is 6.92 Å². The van der Waals surface area contributed by atoms with Gasteiger partial charge in [-0.1, -0.05) is 30.3 Å². The second kappa shape index (κ2) is 4.20. The Kier molecular flexibility index (Phi) is 2.52. The Balaban J connectivity index is 2.36. The van der Waals surface area contributed by atoms with Crippen LogP contribution >= 0.6 is 0 Å². The Morgan fingerprint density at radius 2 is 1.89 bits per heavy atom. The molecule has 0 saturated carbocycles. The maximum Gasteiger partial charge on any atom is 0.355 e. The van der Waals surface area contributed by atoms with E-state index in [4.69, 9.17) is 0 Å². The Labute approximate surface area is 109 Å². The van der Waals surface area contributed by atoms with Crippen LogP contribution < -0.4 is 0 Å². The van der Waals surface area contributed by atoms with Gasteiger partial charge in [0.2, 0.25) is 5.65 Å². The van der Waals surface area contributed by atoms with Crippen molar-refractivity contribution in [1.29, 1.82) is 0 Å². The van der Waals surface area contributed by atoms with Crippen LogP contribution in [-0.2, 0) is 0 Å². The van der Waals surface area contributed by atoms with Gasteiger partial charge in [0, 0.05) is 11.6 Å². The number of nitrogens with zero attached hydrogens (tertiary/aromatic N) is 3. The van der Waals surface area contributed by atoms with Gasteiger partial charge in [0.15, 0.2) is 5.69 Å². The van der Waals surface area contributed by atoms with E-state index in [0.717, 1.165) is 11.1 Å². The fraction of sp³-hybridized carbons (Fsp3) is 0.0714. The Bertz CT molecular complexity index is 763. The number of hydrogen-bond acceptors (Lipinski definition) is 3. The van der Waals surface area contributed by atoms with E-state index in [-0.39, 0.29) is 10.7 Å². The lowest BCUT2D eigenvalue weighted by Gasteiger charge is -1.98. The molecule has 94 valence electrons. The first-order valence-corrected chi connectivity index (χ1v) is 5.85. The summed E-state index contributed by atoms with van der Waals surface area (Å²) in [6, 6.07) is 12.9. The van der Waals surface area contributed by atoms with Gasteiger partial charge in [0.1, 0.15) is 6.20 Å². The van der Waals surface area contributed by atoms with Gasteiger partial charge >= 0.3 is 5.82 Å². The fourth-order valence-electron chi connectivity index (χ4n) is 2.10. The highest BCUT2D eigenvalue weighted by Gasteiger charge is 2.23. The first-order valence-electron chi connectivity index (χ1n) is 5.85. The molecule has 19 heavy (non-hydrogen) atoms. The molecule has 0 saturated heterocycles. The van der Waals surface area contributed by atoms with E-state index in [1.807, 2.05) is 43.3 Å². The van der Waals surface area contributed by atoms with Crippen LogP contribution in [-0.4, -0.2) is 14.3 Å². The van der Waals surface area contributed by atoms with Gasteiger partial charge < -0.3 is 10.1 Å². The third-order valence-corrected chi connectivity index (χ3v) is 2.96. The average Bonchev–Trinajstić information content (AvgIpc) is 2.78. The largest absolute Gasteiger partial charge is 0.358 e. The summed E-state index contributed by atoms with van der Waals surface area (Å²) in [6.07, 6.45) is 1.73. The number of hydrogen-bond donors (Lipinski definition) is 0. The predicted molar refractivity (Wildman–Crippen MR) is 72.0 cm³/mol. The topological polar surface area (TPSA) is 60.4 Å². The zero-order chi connectivity index (χ0) is 13.4. The van der Waals surface area contributed by atoms with Crippen molar-refractivity contribution in [2.75, 3.05) is 0 Å². The van der Waals surface area contributed by atoms with Gasteiger partial charge in [0.25, 0.3) is 0 Å². The van der Waals surface area contributed by atoms with E-state index in [9.17, 15) is 10.1 Å². The van der Waals surface area contributed by atoms with Crippen LogP contribution in [0.1, 0.15) is 5.56 Å². The van der Waals surface area contributed by atoms with Crippen molar-refractivity contribution < 1.29 is 4.92 Å². The molecule has 3 aromatic rings. The normalized spacial score (nSPS) is 10.8. The number of aromatic nitrogens is 2. The van der Waals surface area contributed by atoms with Gasteiger partial charge in [-0.15, -0.1) is 0 Å². The summed E-state index contributed by atoms with van der Waals surface area (Å²) >= 11 is 0. The molecule has 2 heterocycles. The molecule has 0 aliphatic rings. The quantitative estimate of drug-likeness (QED) is 0.520. The van der Waals surface area contributed by atoms with Crippen molar-refractivity contribution in [3.05, 3.63) is 64.3 Å². The lowest BCUT2D eigenvalue weighted by molar-refractivity contribution is -0.389. The van der Waals surface area contributed by atoms with E-state index >= 15 is 0 Å². The molecule has 5 heteroatoms. The zero-order valence-corrected chi connectivity index (χ0v) is 10.3. The number of aryl methyl sites for hydroxylation is 1. The summed E-state index contributed by atoms with van der Waals surface area (Å²) in [5, 5.41) is 11.3. The SMILES string of the molecule is Cc1ccc2nc(-c3ccccc3)c([N+](=O)[O-])n2c1. The summed E-state index contributed by atoms with van der Waals surface area (Å²) < 4.78 is 1.53. The van der Waals surface area contributed by atoms with E-state index in [1.54, 1.807) is 12.3 Å². The molecule has 3 rings (SSSR count). The van der Waals surface area contributed by atoms with Crippen LogP contribution in [0.15, 0.2) is 48.7 Å². The molecule has 0 aliphatic heterocycles. The molecule has 0 amide bonds. The molecule has 0 spiro atoms. The van der Waals surface area contributed by atoms with Crippen molar-refractivity contribution in [3.63, 3.8) is 0 Å². The summed E-state index contributed by atoms with van der Waals surface area (Å²) in [5.74, 6) is 0.00454. The second-order valence-electron chi connectivity index (χ2n) is 4.34. The first kappa shape index (κ1) is 11.4. The number of rotatable bonds is 2. The van der Waals surface area contributed by atoms with Crippen LogP contribution in [0.25, 0.3) is 16.9 Å². The summed E-state index contributed by atoms with van der Waals surface area (Å²) in [6.45, 7) is 1.89. The highest BCUT2D eigenvalue weighted by Crippen LogP contribution is 2.30. The Morgan fingerprint density at radius 1 is 1.16 bits per heavy atom. The lowest BCUT2D eigenvalue weighted by atomic mass is 10.1. The molecule has 2 aromatic heterocycles. The van der Waals surface area contributed by atoms with Crippen LogP contribution in [0.2, 0.25) is 0 Å². The van der Waals surface area contributed by atoms with Crippen LogP contribution in [0.4, 0.5) is 5.82 Å². The number of imidazole rings is 1. The van der Waals surface area contributed by atoms with Gasteiger partial charge in [-0.2, -0.15) is 9.38 Å². The first-order chi connectivity index (χ1) is 9.16. The molecule has 0 N–H and O–H groups in total. The van der Waals surface area contributed by atoms with Crippen LogP contribution in [0, 0.1) is 17.0 Å². The average molecular weight is 253 g/mol. The Morgan fingerprint density at radius 3 is 2.58 bits per heavy atom. The Hall–Kier alpha value is -2.69. The van der Waals surface area contributed by atoms with Crippen molar-refractivity contribution >= 4 is 11.5 Å². The van der Waals surface area contributed by atoms with E-state index in [0.29, 0.717) is 11.3 Å². The van der Waals surface area contributed by atoms with E-state index in [2.05, 4.69) is 4.98 Å². The minimum Gasteiger partial charge on any atom is -0.358 e. The van der Waals surface area contributed by atoms with Gasteiger partial charge in [-0.25, -0.2) is 0 Å². The zero-order valence-electron chi connectivity index (χ0n) is 10.3. The molecular weight excluding hydrogens is 242 g/mol. The predicted octanol–water partition coefficient (Wildman–Crippen LogP) is 3.22. The maximum atomic E-state index is 11.3. The molecule has 0 atom stereocenters. The molecular formula is C14H11N3O2. The molecule has 1 aromatic carbocycles. The van der Waals surface area contributed by atoms with Crippen molar-refractivity contribution in [3.8, 4) is 11.3 Å². The summed E-state index contributed by atoms with van der Waals surface area (Å²) in [7, 11) is 0. The second-order valence-corrected chi connectivity index (χ2v) is 4.34. The van der Waals surface area contributed by atoms with Crippen molar-refractivity contribution in [2.24, 2.45) is 0 Å². The molecule has 0 aliphatic carbocycles. The van der Waals surface area contributed by atoms with Crippen LogP contribution in [0.5, 0.6) is 0 Å². The van der Waals surface area contributed by atoms with Crippen LogP contribution in [0.3, 0.4) is 0 Å². The summed E-state index contributed by atoms with van der Waals surface area (Å²) in [5.41, 5.74) is 2.68. The number of fused-ring (bicyclic) bond motifs is 1. The standard InChI is InChI=1S/C14H11N3O2/c1-10-7-8-12-15-13(11-5-3-2-4-6-11)14(17(18)19)16(12)9-10/h2-9H,1H3. The minimum absolute atomic E-state index is 0.00454. The monoisotopic (exact) mass is 253 g/mol. The molecule has 0 fully saturated rings. The third-order valence-electron chi connectivity index (χ3n) is 2.96. The molecule has 0 radical (unpaired) electrons. The van der Waals surface area contributed by atoms with E-state index in [1.165, 1.54) is 4.40 Å². The minimum atomic E-state index is -0.387. The maximum absolute atomic E-state index is 11.3. The molecule has 5 nitrogen and oxygen atoms in total. The van der Waals surface area contributed by atoms with Gasteiger partial charge in [0.05, 0.1) is 0 Å². The van der Waals surface area contributed by atoms with Crippen molar-refractivity contribution in [1.82, 2.24) is 9.38 Å². The highest BCUT2D eigenvalue weighted by molar-refractivity contribution is 5.72. The molecule has 0 unspecified atom stereocenters. The highest BCUT2D eigenvalue weighted by atomic mass is 16.6. The smallest absolute Gasteiger partial charge is 0.355 e. The lowest BCUT2D eigenvalue weighted by Crippen LogP contribution is -1.96. The molecule has 0 bridgehead atoms. The van der Waals surface area contributed by atoms with Gasteiger partial charge in [-0.05, 0) is 23.5 Å². The number of benzene rings is 1.